The number of rotatable bonds is 7. The average molecular weight is 237 g/mol. The van der Waals surface area contributed by atoms with E-state index in [0.717, 1.165) is 18.8 Å². The largest absolute Gasteiger partial charge is 0.496 e. The number of nitrogens with one attached hydrogen (secondary N) is 1. The van der Waals surface area contributed by atoms with Crippen LogP contribution < -0.4 is 10.1 Å². The van der Waals surface area contributed by atoms with Gasteiger partial charge in [-0.3, -0.25) is 0 Å². The van der Waals surface area contributed by atoms with Gasteiger partial charge in [0, 0.05) is 19.2 Å². The summed E-state index contributed by atoms with van der Waals surface area (Å²) in [5, 5.41) is 3.50. The third-order valence-electron chi connectivity index (χ3n) is 2.70. The van der Waals surface area contributed by atoms with E-state index in [2.05, 4.69) is 25.2 Å². The zero-order chi connectivity index (χ0) is 12.7. The second-order valence-electron chi connectivity index (χ2n) is 4.44. The first-order chi connectivity index (χ1) is 8.17. The Kier molecular flexibility index (Phi) is 6.01. The van der Waals surface area contributed by atoms with E-state index in [0.29, 0.717) is 12.1 Å². The monoisotopic (exact) mass is 237 g/mol. The molecule has 0 saturated heterocycles. The van der Waals surface area contributed by atoms with Crippen LogP contribution in [0.5, 0.6) is 5.75 Å². The second-order valence-corrected chi connectivity index (χ2v) is 4.44. The molecule has 0 spiro atoms. The maximum atomic E-state index is 5.35. The fraction of sp³-hybridized carbons (Fsp3) is 0.571. The smallest absolute Gasteiger partial charge is 0.122 e. The van der Waals surface area contributed by atoms with E-state index in [1.807, 2.05) is 18.2 Å². The molecule has 0 radical (unpaired) electrons. The molecule has 0 fully saturated rings. The molecule has 1 aromatic rings. The van der Waals surface area contributed by atoms with Crippen molar-refractivity contribution >= 4 is 0 Å². The van der Waals surface area contributed by atoms with E-state index < -0.39 is 0 Å². The Labute approximate surface area is 104 Å². The number of hydrogen-bond acceptors (Lipinski definition) is 3. The summed E-state index contributed by atoms with van der Waals surface area (Å²) < 4.78 is 10.5. The fourth-order valence-electron chi connectivity index (χ4n) is 2.04. The lowest BCUT2D eigenvalue weighted by atomic mass is 10.1. The average Bonchev–Trinajstić information content (AvgIpc) is 2.29. The maximum Gasteiger partial charge on any atom is 0.122 e. The lowest BCUT2D eigenvalue weighted by molar-refractivity contribution is 0.167. The van der Waals surface area contributed by atoms with E-state index in [4.69, 9.17) is 9.47 Å². The summed E-state index contributed by atoms with van der Waals surface area (Å²) in [5.41, 5.74) is 1.24. The zero-order valence-corrected chi connectivity index (χ0v) is 11.2. The van der Waals surface area contributed by atoms with Crippen LogP contribution in [-0.2, 0) is 11.2 Å². The molecule has 96 valence electrons. The molecule has 0 saturated carbocycles. The highest BCUT2D eigenvalue weighted by molar-refractivity contribution is 5.33. The molecular weight excluding hydrogens is 214 g/mol. The Morgan fingerprint density at radius 2 is 1.82 bits per heavy atom. The van der Waals surface area contributed by atoms with Crippen molar-refractivity contribution in [3.8, 4) is 5.75 Å². The van der Waals surface area contributed by atoms with E-state index in [1.54, 1.807) is 14.2 Å². The van der Waals surface area contributed by atoms with Crippen LogP contribution >= 0.6 is 0 Å². The molecule has 0 bridgehead atoms. The van der Waals surface area contributed by atoms with Gasteiger partial charge in [0.05, 0.1) is 13.7 Å². The van der Waals surface area contributed by atoms with Crippen molar-refractivity contribution in [2.24, 2.45) is 0 Å². The molecule has 0 aliphatic heterocycles. The summed E-state index contributed by atoms with van der Waals surface area (Å²) in [6.45, 7) is 5.04. The molecule has 3 nitrogen and oxygen atoms in total. The Hall–Kier alpha value is -1.06. The zero-order valence-electron chi connectivity index (χ0n) is 11.2. The minimum absolute atomic E-state index is 0.365. The summed E-state index contributed by atoms with van der Waals surface area (Å²) in [4.78, 5) is 0. The van der Waals surface area contributed by atoms with Gasteiger partial charge in [-0.1, -0.05) is 18.2 Å². The first kappa shape index (κ1) is 14.0. The highest BCUT2D eigenvalue weighted by Gasteiger charge is 2.10. The van der Waals surface area contributed by atoms with Crippen molar-refractivity contribution < 1.29 is 9.47 Å². The van der Waals surface area contributed by atoms with Gasteiger partial charge in [-0.05, 0) is 31.9 Å². The van der Waals surface area contributed by atoms with E-state index in [9.17, 15) is 0 Å². The van der Waals surface area contributed by atoms with Crippen molar-refractivity contribution in [2.75, 3.05) is 20.8 Å². The van der Waals surface area contributed by atoms with Crippen LogP contribution in [0.25, 0.3) is 0 Å². The number of benzene rings is 1. The van der Waals surface area contributed by atoms with Crippen LogP contribution in [0.1, 0.15) is 19.4 Å². The summed E-state index contributed by atoms with van der Waals surface area (Å²) in [6.07, 6.45) is 0.956. The maximum absolute atomic E-state index is 5.35. The molecule has 2 atom stereocenters. The molecule has 1 aromatic carbocycles. The van der Waals surface area contributed by atoms with Gasteiger partial charge in [-0.2, -0.15) is 0 Å². The first-order valence-corrected chi connectivity index (χ1v) is 6.04. The van der Waals surface area contributed by atoms with Crippen LogP contribution in [0.4, 0.5) is 0 Å². The van der Waals surface area contributed by atoms with Crippen LogP contribution in [0.2, 0.25) is 0 Å². The normalized spacial score (nSPS) is 14.4. The van der Waals surface area contributed by atoms with Gasteiger partial charge in [-0.25, -0.2) is 0 Å². The number of methoxy groups -OCH3 is 2. The molecule has 0 amide bonds. The lowest BCUT2D eigenvalue weighted by Crippen LogP contribution is -2.38. The molecule has 0 aliphatic carbocycles. The van der Waals surface area contributed by atoms with Gasteiger partial charge in [0.2, 0.25) is 0 Å². The predicted octanol–water partition coefficient (Wildman–Crippen LogP) is 2.25. The number of ether oxygens (including phenoxy) is 2. The van der Waals surface area contributed by atoms with Crippen LogP contribution in [0, 0.1) is 0 Å². The molecule has 1 N–H and O–H groups in total. The summed E-state index contributed by atoms with van der Waals surface area (Å²) >= 11 is 0. The van der Waals surface area contributed by atoms with Gasteiger partial charge >= 0.3 is 0 Å². The molecule has 1 rings (SSSR count). The minimum atomic E-state index is 0.365. The molecule has 17 heavy (non-hydrogen) atoms. The Bertz CT molecular complexity index is 328. The van der Waals surface area contributed by atoms with Crippen LogP contribution in [0.3, 0.4) is 0 Å². The fourth-order valence-corrected chi connectivity index (χ4v) is 2.04. The quantitative estimate of drug-likeness (QED) is 0.789. The Balaban J connectivity index is 2.52. The molecule has 3 heteroatoms. The molecular formula is C14H23NO2. The van der Waals surface area contributed by atoms with Crippen molar-refractivity contribution in [3.05, 3.63) is 29.8 Å². The molecule has 0 aliphatic rings. The summed E-state index contributed by atoms with van der Waals surface area (Å²) in [6, 6.07) is 8.91. The molecule has 0 heterocycles. The Morgan fingerprint density at radius 3 is 2.47 bits per heavy atom. The van der Waals surface area contributed by atoms with Crippen LogP contribution in [-0.4, -0.2) is 32.9 Å². The van der Waals surface area contributed by atoms with E-state index in [-0.39, 0.29) is 0 Å². The van der Waals surface area contributed by atoms with Crippen molar-refractivity contribution in [2.45, 2.75) is 32.4 Å². The lowest BCUT2D eigenvalue weighted by Gasteiger charge is -2.20. The van der Waals surface area contributed by atoms with Crippen molar-refractivity contribution in [3.63, 3.8) is 0 Å². The Morgan fingerprint density at radius 1 is 1.12 bits per heavy atom. The van der Waals surface area contributed by atoms with E-state index >= 15 is 0 Å². The minimum Gasteiger partial charge on any atom is -0.496 e. The van der Waals surface area contributed by atoms with Crippen molar-refractivity contribution in [1.82, 2.24) is 5.32 Å². The van der Waals surface area contributed by atoms with Gasteiger partial charge in [-0.15, -0.1) is 0 Å². The first-order valence-electron chi connectivity index (χ1n) is 6.04. The third-order valence-corrected chi connectivity index (χ3v) is 2.70. The standard InChI is InChI=1S/C14H23NO2/c1-11(15-12(2)10-16-3)9-13-7-5-6-8-14(13)17-4/h5-8,11-12,15H,9-10H2,1-4H3/t11-,12+/m0/s1. The summed E-state index contributed by atoms with van der Waals surface area (Å²) in [7, 11) is 3.44. The summed E-state index contributed by atoms with van der Waals surface area (Å²) in [5.74, 6) is 0.959. The molecule has 0 aromatic heterocycles. The molecule has 0 unspecified atom stereocenters. The SMILES string of the molecule is COC[C@@H](C)N[C@@H](C)Cc1ccccc1OC. The van der Waals surface area contributed by atoms with E-state index in [1.165, 1.54) is 5.56 Å². The van der Waals surface area contributed by atoms with Crippen molar-refractivity contribution in [1.29, 1.82) is 0 Å². The van der Waals surface area contributed by atoms with Gasteiger partial charge < -0.3 is 14.8 Å². The van der Waals surface area contributed by atoms with Gasteiger partial charge in [0.15, 0.2) is 0 Å². The van der Waals surface area contributed by atoms with Gasteiger partial charge in [0.25, 0.3) is 0 Å². The second kappa shape index (κ2) is 7.30. The van der Waals surface area contributed by atoms with Crippen LogP contribution in [0.15, 0.2) is 24.3 Å². The number of para-hydroxylation sites is 1. The highest BCUT2D eigenvalue weighted by Crippen LogP contribution is 2.18. The predicted molar refractivity (Wildman–Crippen MR) is 70.6 cm³/mol. The van der Waals surface area contributed by atoms with Gasteiger partial charge in [0.1, 0.15) is 5.75 Å². The number of hydrogen-bond donors (Lipinski definition) is 1. The topological polar surface area (TPSA) is 30.5 Å². The highest BCUT2D eigenvalue weighted by atomic mass is 16.5. The third kappa shape index (κ3) is 4.75.